The van der Waals surface area contributed by atoms with E-state index in [0.717, 1.165) is 21.9 Å². The van der Waals surface area contributed by atoms with Crippen LogP contribution in [0.25, 0.3) is 0 Å². The molecule has 4 amide bonds. The predicted molar refractivity (Wildman–Crippen MR) is 139 cm³/mol. The van der Waals surface area contributed by atoms with Crippen molar-refractivity contribution in [1.82, 2.24) is 10.6 Å². The molecule has 0 radical (unpaired) electrons. The maximum atomic E-state index is 13.8. The highest BCUT2D eigenvalue weighted by molar-refractivity contribution is 6.11. The van der Waals surface area contributed by atoms with E-state index in [-0.39, 0.29) is 30.0 Å². The van der Waals surface area contributed by atoms with Crippen molar-refractivity contribution in [2.24, 2.45) is 0 Å². The molecule has 15 nitrogen and oxygen atoms in total. The van der Waals surface area contributed by atoms with Gasteiger partial charge in [-0.1, -0.05) is 12.1 Å². The Hall–Kier alpha value is -4.89. The minimum absolute atomic E-state index is 0.131. The number of hydrogen-bond donors (Lipinski definition) is 6. The molecule has 2 aromatic rings. The zero-order valence-electron chi connectivity index (χ0n) is 21.8. The summed E-state index contributed by atoms with van der Waals surface area (Å²) in [6, 6.07) is 5.56. The number of carbonyl (C=O) groups excluding carboxylic acids is 5. The van der Waals surface area contributed by atoms with E-state index in [4.69, 9.17) is 9.47 Å². The van der Waals surface area contributed by atoms with E-state index in [1.807, 2.05) is 0 Å². The molecule has 1 fully saturated rings. The Morgan fingerprint density at radius 1 is 1.05 bits per heavy atom. The van der Waals surface area contributed by atoms with Gasteiger partial charge in [0.2, 0.25) is 12.2 Å². The minimum Gasteiger partial charge on any atom is -0.504 e. The van der Waals surface area contributed by atoms with Crippen LogP contribution in [0.4, 0.5) is 11.4 Å². The molecule has 15 heteroatoms. The molecule has 1 saturated heterocycles. The highest BCUT2D eigenvalue weighted by atomic mass is 16.7. The number of benzene rings is 2. The zero-order chi connectivity index (χ0) is 29.8. The van der Waals surface area contributed by atoms with Crippen LogP contribution in [-0.4, -0.2) is 94.7 Å². The standard InChI is InChI=1S/C26H28N4O11/c1-2-40-26-14(9-22(36)41-26)27-20(34)11-30-17-6-4-3-5-16(17)29(21(35)12-31)10-15(25(30)39)28-24(38)13-7-18(32)23(37)19(33)8-13/h3-8,14-15,26,31-33,37H,2,9-12H2,1H3,(H,27,34)(H,28,38). The lowest BCUT2D eigenvalue weighted by Gasteiger charge is -2.26. The molecule has 4 rings (SSSR count). The molecule has 3 atom stereocenters. The Balaban J connectivity index is 1.65. The number of phenolic OH excluding ortho intramolecular Hbond substituents is 3. The van der Waals surface area contributed by atoms with E-state index in [9.17, 15) is 44.4 Å². The SMILES string of the molecule is CCOC1OC(=O)CC1NC(=O)CN1C(=O)C(NC(=O)c2cc(O)c(O)c(O)c2)CN(C(=O)CO)c2ccccc21. The van der Waals surface area contributed by atoms with E-state index in [2.05, 4.69) is 10.6 Å². The summed E-state index contributed by atoms with van der Waals surface area (Å²) >= 11 is 0. The Labute approximate surface area is 232 Å². The summed E-state index contributed by atoms with van der Waals surface area (Å²) in [5, 5.41) is 43.8. The summed E-state index contributed by atoms with van der Waals surface area (Å²) in [5.41, 5.74) is -0.00766. The summed E-state index contributed by atoms with van der Waals surface area (Å²) in [6.45, 7) is -0.0419. The van der Waals surface area contributed by atoms with Gasteiger partial charge in [0, 0.05) is 12.2 Å². The highest BCUT2D eigenvalue weighted by Crippen LogP contribution is 2.36. The van der Waals surface area contributed by atoms with Gasteiger partial charge in [0.1, 0.15) is 25.2 Å². The van der Waals surface area contributed by atoms with E-state index in [0.29, 0.717) is 0 Å². The fraction of sp³-hybridized carbons (Fsp3) is 0.346. The van der Waals surface area contributed by atoms with E-state index < -0.39 is 84.9 Å². The lowest BCUT2D eigenvalue weighted by Crippen LogP contribution is -2.55. The van der Waals surface area contributed by atoms with E-state index >= 15 is 0 Å². The summed E-state index contributed by atoms with van der Waals surface area (Å²) in [7, 11) is 0. The van der Waals surface area contributed by atoms with Crippen molar-refractivity contribution in [2.45, 2.75) is 31.7 Å². The monoisotopic (exact) mass is 572 g/mol. The number of nitrogens with one attached hydrogen (secondary N) is 2. The van der Waals surface area contributed by atoms with Gasteiger partial charge in [-0.3, -0.25) is 28.9 Å². The molecule has 2 aliphatic heterocycles. The zero-order valence-corrected chi connectivity index (χ0v) is 21.8. The van der Waals surface area contributed by atoms with Crippen molar-refractivity contribution in [2.75, 3.05) is 36.1 Å². The number of nitrogens with zero attached hydrogens (tertiary/aromatic N) is 2. The second-order valence-electron chi connectivity index (χ2n) is 9.16. The molecule has 2 heterocycles. The van der Waals surface area contributed by atoms with Crippen LogP contribution in [0.15, 0.2) is 36.4 Å². The Kier molecular flexibility index (Phi) is 8.59. The maximum absolute atomic E-state index is 13.8. The number of carbonyl (C=O) groups is 5. The first-order chi connectivity index (χ1) is 19.5. The molecule has 0 aromatic heterocycles. The largest absolute Gasteiger partial charge is 0.504 e. The summed E-state index contributed by atoms with van der Waals surface area (Å²) in [6.07, 6.45) is -1.16. The average molecular weight is 573 g/mol. The number of ether oxygens (including phenoxy) is 2. The summed E-state index contributed by atoms with van der Waals surface area (Å²) < 4.78 is 10.4. The van der Waals surface area contributed by atoms with Crippen molar-refractivity contribution in [1.29, 1.82) is 0 Å². The average Bonchev–Trinajstić information content (AvgIpc) is 3.24. The van der Waals surface area contributed by atoms with Crippen LogP contribution < -0.4 is 20.4 Å². The fourth-order valence-corrected chi connectivity index (χ4v) is 4.52. The van der Waals surface area contributed by atoms with E-state index in [1.165, 1.54) is 12.1 Å². The molecule has 2 aliphatic rings. The van der Waals surface area contributed by atoms with Crippen LogP contribution in [0, 0.1) is 0 Å². The number of aromatic hydroxyl groups is 3. The van der Waals surface area contributed by atoms with Gasteiger partial charge in [-0.2, -0.15) is 0 Å². The number of esters is 1. The number of hydrogen-bond acceptors (Lipinski definition) is 11. The first-order valence-corrected chi connectivity index (χ1v) is 12.5. The number of amides is 4. The fourth-order valence-electron chi connectivity index (χ4n) is 4.52. The van der Waals surface area contributed by atoms with Crippen LogP contribution in [0.3, 0.4) is 0 Å². The van der Waals surface area contributed by atoms with Gasteiger partial charge in [0.15, 0.2) is 17.2 Å². The van der Waals surface area contributed by atoms with Crippen molar-refractivity contribution in [3.8, 4) is 17.2 Å². The Bertz CT molecular complexity index is 1360. The highest BCUT2D eigenvalue weighted by Gasteiger charge is 2.40. The maximum Gasteiger partial charge on any atom is 0.310 e. The molecular formula is C26H28N4O11. The van der Waals surface area contributed by atoms with Crippen LogP contribution in [0.2, 0.25) is 0 Å². The van der Waals surface area contributed by atoms with Gasteiger partial charge in [0.05, 0.1) is 24.3 Å². The van der Waals surface area contributed by atoms with Crippen LogP contribution >= 0.6 is 0 Å². The number of rotatable bonds is 8. The molecule has 0 bridgehead atoms. The van der Waals surface area contributed by atoms with Crippen molar-refractivity contribution >= 4 is 41.0 Å². The summed E-state index contributed by atoms with van der Waals surface area (Å²) in [4.78, 5) is 66.5. The van der Waals surface area contributed by atoms with Gasteiger partial charge in [-0.25, -0.2) is 0 Å². The van der Waals surface area contributed by atoms with Crippen molar-refractivity contribution in [3.63, 3.8) is 0 Å². The summed E-state index contributed by atoms with van der Waals surface area (Å²) in [5.74, 6) is -6.24. The van der Waals surface area contributed by atoms with Crippen LogP contribution in [0.1, 0.15) is 23.7 Å². The third kappa shape index (κ3) is 6.15. The van der Waals surface area contributed by atoms with Crippen molar-refractivity contribution in [3.05, 3.63) is 42.0 Å². The lowest BCUT2D eigenvalue weighted by atomic mass is 10.1. The topological polar surface area (TPSA) is 215 Å². The number of aliphatic hydroxyl groups excluding tert-OH is 1. The Morgan fingerprint density at radius 2 is 1.71 bits per heavy atom. The molecule has 0 saturated carbocycles. The molecule has 2 aromatic carbocycles. The van der Waals surface area contributed by atoms with Gasteiger partial charge < -0.3 is 45.4 Å². The molecule has 6 N–H and O–H groups in total. The number of para-hydroxylation sites is 2. The molecule has 3 unspecified atom stereocenters. The minimum atomic E-state index is -1.47. The number of anilines is 2. The first kappa shape index (κ1) is 29.1. The van der Waals surface area contributed by atoms with Crippen LogP contribution in [-0.2, 0) is 28.7 Å². The van der Waals surface area contributed by atoms with Gasteiger partial charge in [-0.05, 0) is 31.2 Å². The molecule has 0 aliphatic carbocycles. The third-order valence-electron chi connectivity index (χ3n) is 6.41. The van der Waals surface area contributed by atoms with Gasteiger partial charge in [0.25, 0.3) is 17.7 Å². The van der Waals surface area contributed by atoms with Crippen LogP contribution in [0.5, 0.6) is 17.2 Å². The first-order valence-electron chi connectivity index (χ1n) is 12.5. The molecular weight excluding hydrogens is 544 g/mol. The smallest absolute Gasteiger partial charge is 0.310 e. The molecule has 218 valence electrons. The number of cyclic esters (lactones) is 1. The van der Waals surface area contributed by atoms with E-state index in [1.54, 1.807) is 19.1 Å². The number of aliphatic hydroxyl groups is 1. The third-order valence-corrected chi connectivity index (χ3v) is 6.41. The second kappa shape index (κ2) is 12.1. The Morgan fingerprint density at radius 3 is 2.34 bits per heavy atom. The number of fused-ring (bicyclic) bond motifs is 1. The molecule has 0 spiro atoms. The van der Waals surface area contributed by atoms with Gasteiger partial charge >= 0.3 is 5.97 Å². The predicted octanol–water partition coefficient (Wildman–Crippen LogP) is -0.932. The second-order valence-corrected chi connectivity index (χ2v) is 9.16. The molecule has 41 heavy (non-hydrogen) atoms. The van der Waals surface area contributed by atoms with Gasteiger partial charge in [-0.15, -0.1) is 0 Å². The normalized spacial score (nSPS) is 20.2. The number of phenols is 3. The van der Waals surface area contributed by atoms with Crippen molar-refractivity contribution < 1.29 is 53.9 Å². The lowest BCUT2D eigenvalue weighted by molar-refractivity contribution is -0.164. The quantitative estimate of drug-likeness (QED) is 0.168.